The summed E-state index contributed by atoms with van der Waals surface area (Å²) < 4.78 is 5.64. The number of benzene rings is 1. The summed E-state index contributed by atoms with van der Waals surface area (Å²) in [6, 6.07) is 12.2. The van der Waals surface area contributed by atoms with E-state index >= 15 is 0 Å². The summed E-state index contributed by atoms with van der Waals surface area (Å²) >= 11 is 1.64. The largest absolute Gasteiger partial charge is 0.378 e. The van der Waals surface area contributed by atoms with Gasteiger partial charge in [0.05, 0.1) is 28.8 Å². The Bertz CT molecular complexity index is 1440. The molecule has 2 aromatic heterocycles. The van der Waals surface area contributed by atoms with Crippen molar-refractivity contribution in [3.8, 4) is 22.4 Å². The number of morpholine rings is 1. The minimum absolute atomic E-state index is 0.0775. The van der Waals surface area contributed by atoms with Crippen LogP contribution in [0.2, 0.25) is 0 Å². The van der Waals surface area contributed by atoms with Crippen molar-refractivity contribution in [3.63, 3.8) is 0 Å². The van der Waals surface area contributed by atoms with Crippen molar-refractivity contribution < 1.29 is 14.3 Å². The molecule has 6 rings (SSSR count). The quantitative estimate of drug-likeness (QED) is 0.408. The average Bonchev–Trinajstić information content (AvgIpc) is 3.36. The molecule has 2 amide bonds. The average molecular weight is 574 g/mol. The number of ether oxygens (including phenoxy) is 1. The number of Topliss-reactive ketones (excluding diaryl/α,β-unsaturated/α-hetero) is 1. The van der Waals surface area contributed by atoms with Gasteiger partial charge in [-0.1, -0.05) is 26.0 Å². The van der Waals surface area contributed by atoms with Gasteiger partial charge in [-0.25, -0.2) is 4.79 Å². The van der Waals surface area contributed by atoms with Crippen molar-refractivity contribution in [2.24, 2.45) is 5.41 Å². The highest BCUT2D eigenvalue weighted by Crippen LogP contribution is 2.49. The topological polar surface area (TPSA) is 86.8 Å². The first-order valence-corrected chi connectivity index (χ1v) is 15.4. The number of rotatable bonds is 5. The van der Waals surface area contributed by atoms with Gasteiger partial charge in [-0.2, -0.15) is 0 Å². The molecule has 1 aromatic carbocycles. The molecule has 0 atom stereocenters. The summed E-state index contributed by atoms with van der Waals surface area (Å²) in [6.45, 7) is 9.25. The van der Waals surface area contributed by atoms with Crippen molar-refractivity contribution >= 4 is 33.8 Å². The number of urea groups is 1. The maximum atomic E-state index is 13.3. The number of carbonyl (C=O) groups excluding carboxylic acids is 2. The predicted molar refractivity (Wildman–Crippen MR) is 165 cm³/mol. The van der Waals surface area contributed by atoms with Gasteiger partial charge >= 0.3 is 6.03 Å². The van der Waals surface area contributed by atoms with Crippen LogP contribution in [0.3, 0.4) is 0 Å². The van der Waals surface area contributed by atoms with Crippen molar-refractivity contribution in [3.05, 3.63) is 53.0 Å². The summed E-state index contributed by atoms with van der Waals surface area (Å²) in [7, 11) is 1.87. The third kappa shape index (κ3) is 5.89. The summed E-state index contributed by atoms with van der Waals surface area (Å²) in [6.07, 6.45) is 5.22. The number of carbonyl (C=O) groups is 2. The summed E-state index contributed by atoms with van der Waals surface area (Å²) in [5, 5.41) is 7.59. The number of ketones is 1. The van der Waals surface area contributed by atoms with Gasteiger partial charge in [-0.3, -0.25) is 9.78 Å². The number of pyridine rings is 1. The molecular formula is C32H39N5O3S. The Kier molecular flexibility index (Phi) is 7.85. The van der Waals surface area contributed by atoms with Crippen LogP contribution in [0.4, 0.5) is 15.5 Å². The Morgan fingerprint density at radius 2 is 1.90 bits per heavy atom. The number of aromatic nitrogens is 1. The number of thiophene rings is 1. The summed E-state index contributed by atoms with van der Waals surface area (Å²) in [4.78, 5) is 36.1. The van der Waals surface area contributed by atoms with Crippen LogP contribution >= 0.6 is 11.3 Å². The lowest BCUT2D eigenvalue weighted by atomic mass is 9.75. The second-order valence-electron chi connectivity index (χ2n) is 12.2. The molecule has 0 saturated carbocycles. The number of nitrogens with one attached hydrogen (secondary N) is 2. The minimum atomic E-state index is -0.0944. The van der Waals surface area contributed by atoms with Crippen LogP contribution in [0.15, 0.2) is 42.6 Å². The van der Waals surface area contributed by atoms with E-state index in [9.17, 15) is 9.59 Å². The highest BCUT2D eigenvalue weighted by atomic mass is 32.1. The fraction of sp³-hybridized carbons (Fsp3) is 0.469. The SMILES string of the molecule is CN(C(=O)Nc1cccc(-c2cc(-c3c(N4CCOCC4)sc4c3CC(C)(C)CC4=O)ccn2)c1)C1CCNCC1. The number of anilines is 2. The van der Waals surface area contributed by atoms with Crippen LogP contribution in [0, 0.1) is 5.41 Å². The monoisotopic (exact) mass is 573 g/mol. The third-order valence-corrected chi connectivity index (χ3v) is 9.80. The van der Waals surface area contributed by atoms with Crippen LogP contribution in [0.5, 0.6) is 0 Å². The van der Waals surface area contributed by atoms with Crippen LogP contribution in [-0.2, 0) is 11.2 Å². The van der Waals surface area contributed by atoms with E-state index < -0.39 is 0 Å². The molecule has 2 aliphatic heterocycles. The molecule has 8 nitrogen and oxygen atoms in total. The van der Waals surface area contributed by atoms with E-state index in [1.165, 1.54) is 0 Å². The molecule has 3 aromatic rings. The number of fused-ring (bicyclic) bond motifs is 1. The van der Waals surface area contributed by atoms with Gasteiger partial charge in [0, 0.05) is 55.6 Å². The normalized spacial score (nSPS) is 19.1. The van der Waals surface area contributed by atoms with E-state index in [4.69, 9.17) is 9.72 Å². The first-order valence-electron chi connectivity index (χ1n) is 14.6. The minimum Gasteiger partial charge on any atom is -0.378 e. The fourth-order valence-electron chi connectivity index (χ4n) is 6.26. The summed E-state index contributed by atoms with van der Waals surface area (Å²) in [5.74, 6) is 0.245. The smallest absolute Gasteiger partial charge is 0.321 e. The van der Waals surface area contributed by atoms with Gasteiger partial charge in [0.15, 0.2) is 5.78 Å². The van der Waals surface area contributed by atoms with Gasteiger partial charge in [0.25, 0.3) is 0 Å². The van der Waals surface area contributed by atoms with Gasteiger partial charge < -0.3 is 25.2 Å². The molecule has 41 heavy (non-hydrogen) atoms. The molecule has 0 radical (unpaired) electrons. The standard InChI is InChI=1S/C32H39N5O3S/c1-32(2)19-25-28(30(37-13-15-40-16-14-37)41-29(25)27(38)20-32)22-7-12-34-26(18-22)21-5-4-6-23(17-21)35-31(39)36(3)24-8-10-33-11-9-24/h4-7,12,17-18,24,33H,8-11,13-16,19-20H2,1-3H3,(H,35,39). The maximum absolute atomic E-state index is 13.3. The molecule has 0 unspecified atom stereocenters. The van der Waals surface area contributed by atoms with Gasteiger partial charge in [0.1, 0.15) is 0 Å². The maximum Gasteiger partial charge on any atom is 0.321 e. The number of hydrogen-bond donors (Lipinski definition) is 2. The lowest BCUT2D eigenvalue weighted by Gasteiger charge is -2.31. The van der Waals surface area contributed by atoms with E-state index in [2.05, 4.69) is 41.5 Å². The van der Waals surface area contributed by atoms with E-state index in [0.717, 1.165) is 89.0 Å². The Labute approximate surface area is 246 Å². The van der Waals surface area contributed by atoms with Crippen LogP contribution in [0.25, 0.3) is 22.4 Å². The first-order chi connectivity index (χ1) is 19.8. The zero-order chi connectivity index (χ0) is 28.6. The van der Waals surface area contributed by atoms with Crippen molar-refractivity contribution in [1.82, 2.24) is 15.2 Å². The van der Waals surface area contributed by atoms with Crippen molar-refractivity contribution in [1.29, 1.82) is 0 Å². The molecule has 0 bridgehead atoms. The second kappa shape index (κ2) is 11.5. The molecule has 216 valence electrons. The van der Waals surface area contributed by atoms with E-state index in [1.54, 1.807) is 11.3 Å². The number of amides is 2. The Hall–Kier alpha value is -3.27. The lowest BCUT2D eigenvalue weighted by molar-refractivity contribution is 0.0917. The third-order valence-electron chi connectivity index (χ3n) is 8.47. The molecule has 3 aliphatic rings. The number of nitrogens with zero attached hydrogens (tertiary/aromatic N) is 3. The Morgan fingerprint density at radius 3 is 2.68 bits per heavy atom. The highest BCUT2D eigenvalue weighted by Gasteiger charge is 2.37. The fourth-order valence-corrected chi connectivity index (χ4v) is 7.59. The molecule has 2 saturated heterocycles. The van der Waals surface area contributed by atoms with Crippen molar-refractivity contribution in [2.45, 2.75) is 45.6 Å². The van der Waals surface area contributed by atoms with E-state index in [-0.39, 0.29) is 23.3 Å². The molecule has 0 spiro atoms. The molecule has 9 heteroatoms. The van der Waals surface area contributed by atoms with Crippen LogP contribution < -0.4 is 15.5 Å². The van der Waals surface area contributed by atoms with Gasteiger partial charge in [-0.15, -0.1) is 11.3 Å². The van der Waals surface area contributed by atoms with E-state index in [1.807, 2.05) is 42.4 Å². The molecule has 2 N–H and O–H groups in total. The second-order valence-corrected chi connectivity index (χ2v) is 13.2. The summed E-state index contributed by atoms with van der Waals surface area (Å²) in [5.41, 5.74) is 5.82. The zero-order valence-electron chi connectivity index (χ0n) is 24.2. The van der Waals surface area contributed by atoms with E-state index in [0.29, 0.717) is 19.6 Å². The Morgan fingerprint density at radius 1 is 1.12 bits per heavy atom. The highest BCUT2D eigenvalue weighted by molar-refractivity contribution is 7.19. The molecule has 1 aliphatic carbocycles. The van der Waals surface area contributed by atoms with Gasteiger partial charge in [0.2, 0.25) is 0 Å². The first kappa shape index (κ1) is 27.9. The number of hydrogen-bond acceptors (Lipinski definition) is 7. The molecule has 4 heterocycles. The predicted octanol–water partition coefficient (Wildman–Crippen LogP) is 5.68. The van der Waals surface area contributed by atoms with Crippen molar-refractivity contribution in [2.75, 3.05) is 56.7 Å². The number of piperidine rings is 1. The molecule has 2 fully saturated rings. The lowest BCUT2D eigenvalue weighted by Crippen LogP contribution is -2.45. The zero-order valence-corrected chi connectivity index (χ0v) is 25.0. The Balaban J connectivity index is 1.32. The van der Waals surface area contributed by atoms with Gasteiger partial charge in [-0.05, 0) is 73.2 Å². The van der Waals surface area contributed by atoms with Crippen LogP contribution in [-0.4, -0.2) is 74.2 Å². The van der Waals surface area contributed by atoms with Crippen LogP contribution in [0.1, 0.15) is 48.3 Å². The molecular weight excluding hydrogens is 534 g/mol.